The second-order valence-corrected chi connectivity index (χ2v) is 6.25. The Bertz CT molecular complexity index is 556. The molecule has 0 aromatic rings. The summed E-state index contributed by atoms with van der Waals surface area (Å²) < 4.78 is -0.359. The van der Waals surface area contributed by atoms with Crippen molar-refractivity contribution in [1.29, 1.82) is 0 Å². The van der Waals surface area contributed by atoms with Gasteiger partial charge in [0.25, 0.3) is 0 Å². The van der Waals surface area contributed by atoms with Crippen molar-refractivity contribution >= 4 is 71.2 Å². The van der Waals surface area contributed by atoms with Crippen LogP contribution in [0.1, 0.15) is 12.8 Å². The maximum atomic E-state index is 11.8. The quantitative estimate of drug-likeness (QED) is 0.201. The zero-order valence-electron chi connectivity index (χ0n) is 12.6. The number of nitrogens with one attached hydrogen (secondary N) is 3. The Balaban J connectivity index is 4.59. The monoisotopic (exact) mass is 435 g/mol. The molecule has 0 aromatic carbocycles. The summed E-state index contributed by atoms with van der Waals surface area (Å²) in [5.74, 6) is -3.96. The molecule has 0 aliphatic rings. The van der Waals surface area contributed by atoms with Crippen LogP contribution in [0.3, 0.4) is 0 Å². The minimum absolute atomic E-state index is 0.0752. The minimum atomic E-state index is -1.29. The summed E-state index contributed by atoms with van der Waals surface area (Å²) in [5, 5.41) is 24.0. The Kier molecular flexibility index (Phi) is 11.4. The topological polar surface area (TPSA) is 145 Å². The maximum Gasteiger partial charge on any atom is 0.326 e. The summed E-state index contributed by atoms with van der Waals surface area (Å²) in [4.78, 5) is 45.0. The van der Waals surface area contributed by atoms with E-state index in [-0.39, 0.29) is 28.2 Å². The second kappa shape index (κ2) is 12.1. The van der Waals surface area contributed by atoms with Crippen molar-refractivity contribution < 1.29 is 29.4 Å². The number of hydrogen-bond acceptors (Lipinski definition) is 6. The predicted octanol–water partition coefficient (Wildman–Crippen LogP) is 0.268. The van der Waals surface area contributed by atoms with Crippen LogP contribution < -0.4 is 16.0 Å². The molecular formula is C12H16Cl3N3O6S. The van der Waals surface area contributed by atoms with Crippen LogP contribution in [0.4, 0.5) is 0 Å². The maximum absolute atomic E-state index is 11.8. The lowest BCUT2D eigenvalue weighted by atomic mass is 10.1. The molecule has 0 saturated heterocycles. The van der Waals surface area contributed by atoms with Crippen molar-refractivity contribution in [3.63, 3.8) is 0 Å². The fourth-order valence-corrected chi connectivity index (χ4v) is 1.98. The molecule has 0 heterocycles. The van der Waals surface area contributed by atoms with E-state index in [2.05, 4.69) is 28.6 Å². The SMILES string of the molecule is O=C(O)CNC(=O)[C@H](CS)NC(=O)CC[C@H](NC(Cl)=C(Cl)Cl)C(=O)O. The Labute approximate surface area is 163 Å². The molecular weight excluding hydrogens is 421 g/mol. The number of hydrogen-bond donors (Lipinski definition) is 6. The van der Waals surface area contributed by atoms with Crippen molar-refractivity contribution in [2.75, 3.05) is 12.3 Å². The molecule has 142 valence electrons. The van der Waals surface area contributed by atoms with Crippen molar-refractivity contribution in [2.24, 2.45) is 0 Å². The summed E-state index contributed by atoms with van der Waals surface area (Å²) in [6.45, 7) is -0.603. The zero-order chi connectivity index (χ0) is 19.6. The average Bonchev–Trinajstić information content (AvgIpc) is 2.53. The van der Waals surface area contributed by atoms with Gasteiger partial charge in [-0.3, -0.25) is 14.4 Å². The van der Waals surface area contributed by atoms with Gasteiger partial charge in [-0.2, -0.15) is 12.6 Å². The van der Waals surface area contributed by atoms with Crippen LogP contribution in [0.15, 0.2) is 9.65 Å². The summed E-state index contributed by atoms with van der Waals surface area (Å²) in [6.07, 6.45) is -0.432. The second-order valence-electron chi connectivity index (χ2n) is 4.56. The number of carbonyl (C=O) groups excluding carboxylic acids is 2. The van der Waals surface area contributed by atoms with E-state index in [1.807, 2.05) is 0 Å². The molecule has 0 aliphatic carbocycles. The normalized spacial score (nSPS) is 12.5. The first kappa shape index (κ1) is 23.6. The molecule has 5 N–H and O–H groups in total. The Hall–Kier alpha value is -1.36. The molecule has 9 nitrogen and oxygen atoms in total. The fourth-order valence-electron chi connectivity index (χ4n) is 1.49. The van der Waals surface area contributed by atoms with Crippen molar-refractivity contribution in [3.05, 3.63) is 9.65 Å². The van der Waals surface area contributed by atoms with E-state index in [4.69, 9.17) is 45.0 Å². The summed E-state index contributed by atoms with van der Waals surface area (Å²) >= 11 is 20.3. The molecule has 0 saturated carbocycles. The standard InChI is InChI=1S/C12H16Cl3N3O6S/c13-9(14)10(15)18-5(12(23)24)1-2-7(19)17-6(4-25)11(22)16-3-8(20)21/h5-6,18,25H,1-4H2,(H,16,22)(H,17,19)(H,20,21)(H,23,24)/t5-,6-/m0/s1. The van der Waals surface area contributed by atoms with E-state index in [1.165, 1.54) is 0 Å². The molecule has 0 aliphatic heterocycles. The lowest BCUT2D eigenvalue weighted by Crippen LogP contribution is -2.49. The number of carboxylic acids is 2. The van der Waals surface area contributed by atoms with Gasteiger partial charge in [0, 0.05) is 12.2 Å². The van der Waals surface area contributed by atoms with Crippen molar-refractivity contribution in [1.82, 2.24) is 16.0 Å². The average molecular weight is 437 g/mol. The molecule has 0 aromatic heterocycles. The first-order valence-electron chi connectivity index (χ1n) is 6.68. The summed E-state index contributed by atoms with van der Waals surface area (Å²) in [5.41, 5.74) is 0. The van der Waals surface area contributed by atoms with Gasteiger partial charge in [-0.1, -0.05) is 34.8 Å². The van der Waals surface area contributed by atoms with Gasteiger partial charge in [0.15, 0.2) is 0 Å². The number of carbonyl (C=O) groups is 4. The lowest BCUT2D eigenvalue weighted by Gasteiger charge is -2.18. The van der Waals surface area contributed by atoms with Crippen LogP contribution in [0, 0.1) is 0 Å². The molecule has 0 spiro atoms. The number of thiol groups is 1. The van der Waals surface area contributed by atoms with Crippen LogP contribution >= 0.6 is 47.4 Å². The highest BCUT2D eigenvalue weighted by molar-refractivity contribution is 7.80. The smallest absolute Gasteiger partial charge is 0.326 e. The number of amides is 2. The van der Waals surface area contributed by atoms with Crippen molar-refractivity contribution in [2.45, 2.75) is 24.9 Å². The third-order valence-electron chi connectivity index (χ3n) is 2.67. The summed E-state index contributed by atoms with van der Waals surface area (Å²) in [7, 11) is 0. The Morgan fingerprint density at radius 3 is 2.04 bits per heavy atom. The molecule has 2 atom stereocenters. The zero-order valence-corrected chi connectivity index (χ0v) is 15.8. The molecule has 2 amide bonds. The third-order valence-corrected chi connectivity index (χ3v) is 3.91. The first-order valence-corrected chi connectivity index (χ1v) is 8.45. The van der Waals surface area contributed by atoms with Gasteiger partial charge in [0.2, 0.25) is 11.8 Å². The van der Waals surface area contributed by atoms with E-state index < -0.39 is 42.4 Å². The molecule has 0 fully saturated rings. The molecule has 0 rings (SSSR count). The van der Waals surface area contributed by atoms with Gasteiger partial charge in [-0.05, 0) is 6.42 Å². The van der Waals surface area contributed by atoms with Crippen LogP contribution in [0.5, 0.6) is 0 Å². The van der Waals surface area contributed by atoms with Gasteiger partial charge in [0.05, 0.1) is 0 Å². The number of carboxylic acid groups (broad SMARTS) is 2. The Morgan fingerprint density at radius 1 is 1.00 bits per heavy atom. The highest BCUT2D eigenvalue weighted by Gasteiger charge is 2.23. The Morgan fingerprint density at radius 2 is 1.60 bits per heavy atom. The van der Waals surface area contributed by atoms with E-state index in [0.29, 0.717) is 0 Å². The highest BCUT2D eigenvalue weighted by atomic mass is 35.5. The minimum Gasteiger partial charge on any atom is -0.480 e. The fraction of sp³-hybridized carbons (Fsp3) is 0.500. The van der Waals surface area contributed by atoms with Crippen LogP contribution in [-0.2, 0) is 19.2 Å². The summed E-state index contributed by atoms with van der Waals surface area (Å²) in [6, 6.07) is -2.30. The first-order chi connectivity index (χ1) is 11.6. The molecule has 0 bridgehead atoms. The van der Waals surface area contributed by atoms with Crippen LogP contribution in [0.25, 0.3) is 0 Å². The van der Waals surface area contributed by atoms with E-state index >= 15 is 0 Å². The highest BCUT2D eigenvalue weighted by Crippen LogP contribution is 2.16. The van der Waals surface area contributed by atoms with Crippen LogP contribution in [-0.4, -0.2) is 58.3 Å². The van der Waals surface area contributed by atoms with Gasteiger partial charge < -0.3 is 26.2 Å². The predicted molar refractivity (Wildman–Crippen MR) is 94.8 cm³/mol. The van der Waals surface area contributed by atoms with Gasteiger partial charge in [-0.15, -0.1) is 0 Å². The number of aliphatic carboxylic acids is 2. The third kappa shape index (κ3) is 10.3. The molecule has 13 heteroatoms. The van der Waals surface area contributed by atoms with Gasteiger partial charge in [0.1, 0.15) is 28.3 Å². The van der Waals surface area contributed by atoms with Gasteiger partial charge >= 0.3 is 11.9 Å². The van der Waals surface area contributed by atoms with Gasteiger partial charge in [-0.25, -0.2) is 4.79 Å². The molecule has 25 heavy (non-hydrogen) atoms. The lowest BCUT2D eigenvalue weighted by molar-refractivity contribution is -0.139. The van der Waals surface area contributed by atoms with E-state index in [1.54, 1.807) is 0 Å². The number of halogens is 3. The largest absolute Gasteiger partial charge is 0.480 e. The number of rotatable bonds is 11. The van der Waals surface area contributed by atoms with E-state index in [9.17, 15) is 19.2 Å². The van der Waals surface area contributed by atoms with E-state index in [0.717, 1.165) is 0 Å². The van der Waals surface area contributed by atoms with Crippen LogP contribution in [0.2, 0.25) is 0 Å². The molecule has 0 radical (unpaired) electrons. The molecule has 0 unspecified atom stereocenters. The van der Waals surface area contributed by atoms with Crippen molar-refractivity contribution in [3.8, 4) is 0 Å².